The highest BCUT2D eigenvalue weighted by Crippen LogP contribution is 2.10. The summed E-state index contributed by atoms with van der Waals surface area (Å²) >= 11 is 0. The van der Waals surface area contributed by atoms with Crippen molar-refractivity contribution in [3.8, 4) is 0 Å². The molecule has 154 valence electrons. The van der Waals surface area contributed by atoms with Crippen molar-refractivity contribution in [2.24, 2.45) is 4.99 Å². The second kappa shape index (κ2) is 15.6. The molecule has 0 bridgehead atoms. The average Bonchev–Trinajstić information content (AvgIpc) is 2.61. The number of guanidine groups is 1. The van der Waals surface area contributed by atoms with Gasteiger partial charge in [-0.15, -0.1) is 24.0 Å². The van der Waals surface area contributed by atoms with E-state index in [1.54, 1.807) is 6.92 Å². The average molecular weight is 497 g/mol. The van der Waals surface area contributed by atoms with Gasteiger partial charge in [0.25, 0.3) is 0 Å². The molecule has 5 nitrogen and oxygen atoms in total. The van der Waals surface area contributed by atoms with Crippen LogP contribution in [0.3, 0.4) is 0 Å². The van der Waals surface area contributed by atoms with Crippen LogP contribution in [0.1, 0.15) is 51.5 Å². The quantitative estimate of drug-likeness (QED) is 0.159. The summed E-state index contributed by atoms with van der Waals surface area (Å²) in [5.41, 5.74) is 0.223. The number of nitrogens with one attached hydrogen (secondary N) is 2. The summed E-state index contributed by atoms with van der Waals surface area (Å²) in [5.74, 6) is -0.510. The van der Waals surface area contributed by atoms with E-state index in [9.17, 15) is 13.6 Å². The molecule has 0 aliphatic heterocycles. The molecule has 0 atom stereocenters. The van der Waals surface area contributed by atoms with Gasteiger partial charge in [-0.3, -0.25) is 4.79 Å². The number of rotatable bonds is 11. The normalized spacial score (nSPS) is 10.9. The van der Waals surface area contributed by atoms with Crippen LogP contribution in [0.4, 0.5) is 8.78 Å². The van der Waals surface area contributed by atoms with Crippen molar-refractivity contribution in [3.63, 3.8) is 0 Å². The Morgan fingerprint density at radius 2 is 1.85 bits per heavy atom. The molecule has 0 amide bonds. The predicted molar refractivity (Wildman–Crippen MR) is 114 cm³/mol. The topological polar surface area (TPSA) is 62.7 Å². The van der Waals surface area contributed by atoms with Crippen molar-refractivity contribution < 1.29 is 18.3 Å². The molecule has 0 aliphatic rings. The predicted octanol–water partition coefficient (Wildman–Crippen LogP) is 4.15. The zero-order valence-electron chi connectivity index (χ0n) is 16.0. The fraction of sp³-hybridized carbons (Fsp3) is 0.579. The van der Waals surface area contributed by atoms with Crippen molar-refractivity contribution >= 4 is 35.9 Å². The summed E-state index contributed by atoms with van der Waals surface area (Å²) in [7, 11) is 0. The fourth-order valence-electron chi connectivity index (χ4n) is 2.36. The lowest BCUT2D eigenvalue weighted by Gasteiger charge is -2.11. The molecular weight excluding hydrogens is 467 g/mol. The van der Waals surface area contributed by atoms with Crippen LogP contribution in [0.5, 0.6) is 0 Å². The lowest BCUT2D eigenvalue weighted by atomic mass is 10.1. The van der Waals surface area contributed by atoms with E-state index in [0.29, 0.717) is 25.5 Å². The van der Waals surface area contributed by atoms with Gasteiger partial charge < -0.3 is 15.4 Å². The first-order chi connectivity index (χ1) is 12.6. The second-order valence-electron chi connectivity index (χ2n) is 5.83. The Balaban J connectivity index is 0.00000676. The van der Waals surface area contributed by atoms with Crippen LogP contribution in [-0.4, -0.2) is 31.6 Å². The number of aliphatic imine (C=N–C) groups is 1. The first-order valence-corrected chi connectivity index (χ1v) is 9.18. The Morgan fingerprint density at radius 3 is 2.56 bits per heavy atom. The second-order valence-corrected chi connectivity index (χ2v) is 5.83. The number of benzene rings is 1. The van der Waals surface area contributed by atoms with Crippen LogP contribution >= 0.6 is 24.0 Å². The van der Waals surface area contributed by atoms with E-state index in [2.05, 4.69) is 15.6 Å². The van der Waals surface area contributed by atoms with Gasteiger partial charge in [-0.2, -0.15) is 0 Å². The highest BCUT2D eigenvalue weighted by molar-refractivity contribution is 14.0. The first kappa shape index (κ1) is 25.6. The molecular formula is C19H30F2IN3O2. The van der Waals surface area contributed by atoms with Gasteiger partial charge in [0.1, 0.15) is 11.6 Å². The lowest BCUT2D eigenvalue weighted by molar-refractivity contribution is -0.143. The first-order valence-electron chi connectivity index (χ1n) is 9.18. The molecule has 0 radical (unpaired) electrons. The third-order valence-electron chi connectivity index (χ3n) is 3.66. The van der Waals surface area contributed by atoms with Crippen molar-refractivity contribution in [1.29, 1.82) is 0 Å². The molecule has 2 N–H and O–H groups in total. The van der Waals surface area contributed by atoms with Crippen molar-refractivity contribution in [2.75, 3.05) is 19.7 Å². The Morgan fingerprint density at radius 1 is 1.11 bits per heavy atom. The minimum Gasteiger partial charge on any atom is -0.466 e. The van der Waals surface area contributed by atoms with E-state index in [1.807, 2.05) is 6.92 Å². The van der Waals surface area contributed by atoms with Gasteiger partial charge in [0.15, 0.2) is 5.96 Å². The summed E-state index contributed by atoms with van der Waals surface area (Å²) in [6, 6.07) is 3.36. The number of esters is 1. The van der Waals surface area contributed by atoms with Crippen molar-refractivity contribution in [2.45, 2.75) is 52.5 Å². The van der Waals surface area contributed by atoms with Gasteiger partial charge >= 0.3 is 5.97 Å². The Labute approximate surface area is 177 Å². The number of unbranched alkanes of at least 4 members (excludes halogenated alkanes) is 3. The van der Waals surface area contributed by atoms with Gasteiger partial charge in [0, 0.05) is 25.1 Å². The summed E-state index contributed by atoms with van der Waals surface area (Å²) in [5, 5.41) is 6.26. The standard InChI is InChI=1S/C19H29F2N3O2.HI/c1-3-22-19(24-14-15-13-16(20)10-11-17(15)21)23-12-8-6-5-7-9-18(25)26-4-2;/h10-11,13H,3-9,12,14H2,1-2H3,(H2,22,23,24);1H. The molecule has 1 aromatic rings. The number of carbonyl (C=O) groups is 1. The van der Waals surface area contributed by atoms with E-state index in [-0.39, 0.29) is 42.1 Å². The van der Waals surface area contributed by atoms with Crippen LogP contribution in [0.15, 0.2) is 23.2 Å². The number of carbonyl (C=O) groups excluding carboxylic acids is 1. The summed E-state index contributed by atoms with van der Waals surface area (Å²) in [6.45, 7) is 5.63. The number of hydrogen-bond donors (Lipinski definition) is 2. The van der Waals surface area contributed by atoms with Crippen LogP contribution in [-0.2, 0) is 16.1 Å². The van der Waals surface area contributed by atoms with Gasteiger partial charge in [0.2, 0.25) is 0 Å². The zero-order chi connectivity index (χ0) is 19.2. The van der Waals surface area contributed by atoms with Crippen LogP contribution in [0.2, 0.25) is 0 Å². The number of halogens is 3. The van der Waals surface area contributed by atoms with Crippen LogP contribution in [0.25, 0.3) is 0 Å². The highest BCUT2D eigenvalue weighted by Gasteiger charge is 2.04. The molecule has 0 spiro atoms. The molecule has 0 unspecified atom stereocenters. The minimum atomic E-state index is -0.475. The molecule has 0 heterocycles. The van der Waals surface area contributed by atoms with E-state index in [1.165, 1.54) is 0 Å². The van der Waals surface area contributed by atoms with E-state index < -0.39 is 11.6 Å². The maximum Gasteiger partial charge on any atom is 0.305 e. The largest absolute Gasteiger partial charge is 0.466 e. The summed E-state index contributed by atoms with van der Waals surface area (Å²) < 4.78 is 31.7. The maximum absolute atomic E-state index is 13.6. The van der Waals surface area contributed by atoms with E-state index in [0.717, 1.165) is 50.4 Å². The van der Waals surface area contributed by atoms with Gasteiger partial charge in [-0.25, -0.2) is 13.8 Å². The SMILES string of the molecule is CCNC(=NCc1cc(F)ccc1F)NCCCCCCC(=O)OCC.I. The van der Waals surface area contributed by atoms with Crippen molar-refractivity contribution in [3.05, 3.63) is 35.4 Å². The van der Waals surface area contributed by atoms with Gasteiger partial charge in [-0.1, -0.05) is 12.8 Å². The summed E-state index contributed by atoms with van der Waals surface area (Å²) in [4.78, 5) is 15.5. The highest BCUT2D eigenvalue weighted by atomic mass is 127. The van der Waals surface area contributed by atoms with E-state index >= 15 is 0 Å². The monoisotopic (exact) mass is 497 g/mol. The van der Waals surface area contributed by atoms with E-state index in [4.69, 9.17) is 4.74 Å². The molecule has 0 aromatic heterocycles. The third kappa shape index (κ3) is 11.8. The molecule has 27 heavy (non-hydrogen) atoms. The van der Waals surface area contributed by atoms with Crippen LogP contribution in [0, 0.1) is 11.6 Å². The fourth-order valence-corrected chi connectivity index (χ4v) is 2.36. The smallest absolute Gasteiger partial charge is 0.305 e. The molecule has 1 aromatic carbocycles. The maximum atomic E-state index is 13.6. The van der Waals surface area contributed by atoms with Gasteiger partial charge in [-0.05, 0) is 44.9 Å². The Bertz CT molecular complexity index is 586. The Kier molecular flexibility index (Phi) is 14.8. The number of ether oxygens (including phenoxy) is 1. The van der Waals surface area contributed by atoms with Gasteiger partial charge in [0.05, 0.1) is 13.2 Å². The molecule has 0 saturated carbocycles. The molecule has 0 fully saturated rings. The number of hydrogen-bond acceptors (Lipinski definition) is 3. The minimum absolute atomic E-state index is 0. The lowest BCUT2D eigenvalue weighted by Crippen LogP contribution is -2.37. The Hall–Kier alpha value is -1.45. The zero-order valence-corrected chi connectivity index (χ0v) is 18.4. The number of nitrogens with zero attached hydrogens (tertiary/aromatic N) is 1. The molecule has 0 aliphatic carbocycles. The summed E-state index contributed by atoms with van der Waals surface area (Å²) in [6.07, 6.45) is 4.17. The van der Waals surface area contributed by atoms with Crippen molar-refractivity contribution in [1.82, 2.24) is 10.6 Å². The van der Waals surface area contributed by atoms with Crippen LogP contribution < -0.4 is 10.6 Å². The molecule has 0 saturated heterocycles. The molecule has 8 heteroatoms. The third-order valence-corrected chi connectivity index (χ3v) is 3.66. The molecule has 1 rings (SSSR count).